The SMILES string of the molecule is S=C(NCC1(c2ccccc2)CCCC1)Nc1nc(N2CCCCC2)cc(N2CCN(c3ccccc3)CC2)n1. The molecule has 3 heterocycles. The minimum atomic E-state index is 0.132. The number of nitrogens with zero attached hydrogens (tertiary/aromatic N) is 5. The van der Waals surface area contributed by atoms with Crippen molar-refractivity contribution in [3.05, 3.63) is 72.3 Å². The summed E-state index contributed by atoms with van der Waals surface area (Å²) >= 11 is 5.80. The van der Waals surface area contributed by atoms with Gasteiger partial charge >= 0.3 is 0 Å². The van der Waals surface area contributed by atoms with E-state index in [0.717, 1.165) is 57.4 Å². The highest BCUT2D eigenvalue weighted by atomic mass is 32.1. The maximum Gasteiger partial charge on any atom is 0.232 e. The first kappa shape index (κ1) is 26.8. The number of piperazine rings is 1. The third-order valence-corrected chi connectivity index (χ3v) is 9.11. The second-order valence-corrected chi connectivity index (χ2v) is 11.8. The molecule has 1 saturated carbocycles. The minimum absolute atomic E-state index is 0.132. The minimum Gasteiger partial charge on any atom is -0.368 e. The van der Waals surface area contributed by atoms with Crippen molar-refractivity contribution in [2.24, 2.45) is 0 Å². The summed E-state index contributed by atoms with van der Waals surface area (Å²) in [4.78, 5) is 17.2. The van der Waals surface area contributed by atoms with Crippen LogP contribution in [0.3, 0.4) is 0 Å². The van der Waals surface area contributed by atoms with Gasteiger partial charge in [-0.15, -0.1) is 0 Å². The first-order chi connectivity index (χ1) is 19.7. The Morgan fingerprint density at radius 3 is 1.93 bits per heavy atom. The molecule has 2 aliphatic heterocycles. The van der Waals surface area contributed by atoms with Crippen LogP contribution in [0.4, 0.5) is 23.3 Å². The van der Waals surface area contributed by atoms with Crippen molar-refractivity contribution in [3.63, 3.8) is 0 Å². The van der Waals surface area contributed by atoms with Gasteiger partial charge in [-0.1, -0.05) is 61.4 Å². The number of thiocarbonyl (C=S) groups is 1. The molecule has 0 bridgehead atoms. The standard InChI is InChI=1S/C32H41N7S/c40-31(33-25-32(16-8-9-17-32)26-12-4-1-5-13-26)36-30-34-28(38-18-10-3-11-19-38)24-29(35-30)39-22-20-37(21-23-39)27-14-6-2-7-15-27/h1-2,4-7,12-15,24H,3,8-11,16-23,25H2,(H2,33,34,35,36,40). The van der Waals surface area contributed by atoms with Gasteiger partial charge in [-0.25, -0.2) is 0 Å². The predicted molar refractivity (Wildman–Crippen MR) is 170 cm³/mol. The highest BCUT2D eigenvalue weighted by Gasteiger charge is 2.35. The van der Waals surface area contributed by atoms with Crippen LogP contribution in [0.15, 0.2) is 66.7 Å². The van der Waals surface area contributed by atoms with Crippen molar-refractivity contribution in [1.29, 1.82) is 0 Å². The van der Waals surface area contributed by atoms with Gasteiger partial charge in [0.1, 0.15) is 11.6 Å². The molecule has 8 heteroatoms. The number of benzene rings is 2. The number of rotatable bonds is 7. The quantitative estimate of drug-likeness (QED) is 0.366. The summed E-state index contributed by atoms with van der Waals surface area (Å²) in [5.41, 5.74) is 2.82. The second kappa shape index (κ2) is 12.4. The highest BCUT2D eigenvalue weighted by Crippen LogP contribution is 2.40. The van der Waals surface area contributed by atoms with E-state index in [1.165, 1.54) is 56.2 Å². The lowest BCUT2D eigenvalue weighted by Gasteiger charge is -2.37. The lowest BCUT2D eigenvalue weighted by Crippen LogP contribution is -2.47. The first-order valence-corrected chi connectivity index (χ1v) is 15.4. The van der Waals surface area contributed by atoms with Crippen molar-refractivity contribution in [1.82, 2.24) is 15.3 Å². The summed E-state index contributed by atoms with van der Waals surface area (Å²) in [5, 5.41) is 7.50. The van der Waals surface area contributed by atoms with E-state index in [-0.39, 0.29) is 5.41 Å². The Balaban J connectivity index is 1.16. The average molecular weight is 556 g/mol. The Morgan fingerprint density at radius 2 is 1.27 bits per heavy atom. The van der Waals surface area contributed by atoms with E-state index < -0.39 is 0 Å². The molecule has 3 aliphatic rings. The second-order valence-electron chi connectivity index (χ2n) is 11.4. The van der Waals surface area contributed by atoms with E-state index in [1.54, 1.807) is 0 Å². The molecule has 0 radical (unpaired) electrons. The fraction of sp³-hybridized carbons (Fsp3) is 0.469. The lowest BCUT2D eigenvalue weighted by molar-refractivity contribution is 0.435. The molecular formula is C32H41N7S. The van der Waals surface area contributed by atoms with Gasteiger partial charge in [0.15, 0.2) is 5.11 Å². The molecule has 40 heavy (non-hydrogen) atoms. The Bertz CT molecular complexity index is 1250. The molecule has 7 nitrogen and oxygen atoms in total. The van der Waals surface area contributed by atoms with Crippen LogP contribution >= 0.6 is 12.2 Å². The fourth-order valence-corrected chi connectivity index (χ4v) is 6.73. The fourth-order valence-electron chi connectivity index (χ4n) is 6.56. The largest absolute Gasteiger partial charge is 0.368 e. The maximum absolute atomic E-state index is 5.80. The van der Waals surface area contributed by atoms with E-state index in [9.17, 15) is 0 Å². The Hall–Kier alpha value is -3.39. The molecule has 3 aromatic rings. The molecule has 210 valence electrons. The molecule has 6 rings (SSSR count). The molecule has 0 unspecified atom stereocenters. The highest BCUT2D eigenvalue weighted by molar-refractivity contribution is 7.80. The molecule has 0 atom stereocenters. The average Bonchev–Trinajstić information content (AvgIpc) is 3.52. The lowest BCUT2D eigenvalue weighted by atomic mass is 9.79. The van der Waals surface area contributed by atoms with Crippen LogP contribution in [0.25, 0.3) is 0 Å². The zero-order chi connectivity index (χ0) is 27.2. The number of piperidine rings is 1. The Morgan fingerprint density at radius 1 is 0.700 bits per heavy atom. The molecular weight excluding hydrogens is 514 g/mol. The van der Waals surface area contributed by atoms with Gasteiger partial charge in [0, 0.05) is 63.0 Å². The van der Waals surface area contributed by atoms with Crippen LogP contribution < -0.4 is 25.3 Å². The van der Waals surface area contributed by atoms with Gasteiger partial charge in [0.2, 0.25) is 5.95 Å². The molecule has 2 saturated heterocycles. The van der Waals surface area contributed by atoms with Gasteiger partial charge in [-0.05, 0) is 62.0 Å². The van der Waals surface area contributed by atoms with E-state index in [1.807, 2.05) is 0 Å². The molecule has 1 aliphatic carbocycles. The molecule has 2 aromatic carbocycles. The normalized spacial score (nSPS) is 18.9. The summed E-state index contributed by atoms with van der Waals surface area (Å²) in [7, 11) is 0. The molecule has 0 amide bonds. The maximum atomic E-state index is 5.80. The Labute approximate surface area is 244 Å². The molecule has 2 N–H and O–H groups in total. The molecule has 0 spiro atoms. The number of hydrogen-bond donors (Lipinski definition) is 2. The number of aromatic nitrogens is 2. The van der Waals surface area contributed by atoms with Crippen molar-refractivity contribution in [3.8, 4) is 0 Å². The summed E-state index contributed by atoms with van der Waals surface area (Å²) < 4.78 is 0. The van der Waals surface area contributed by atoms with Crippen LogP contribution in [0, 0.1) is 0 Å². The van der Waals surface area contributed by atoms with Gasteiger partial charge in [-0.2, -0.15) is 9.97 Å². The smallest absolute Gasteiger partial charge is 0.232 e. The van der Waals surface area contributed by atoms with Crippen LogP contribution in [-0.4, -0.2) is 60.9 Å². The monoisotopic (exact) mass is 555 g/mol. The van der Waals surface area contributed by atoms with Gasteiger partial charge in [0.05, 0.1) is 0 Å². The topological polar surface area (TPSA) is 59.6 Å². The van der Waals surface area contributed by atoms with Crippen molar-refractivity contribution in [2.75, 3.05) is 65.8 Å². The van der Waals surface area contributed by atoms with Crippen LogP contribution in [-0.2, 0) is 5.41 Å². The van der Waals surface area contributed by atoms with E-state index in [2.05, 4.69) is 92.1 Å². The van der Waals surface area contributed by atoms with Crippen molar-refractivity contribution < 1.29 is 0 Å². The third-order valence-electron chi connectivity index (χ3n) is 8.86. The van der Waals surface area contributed by atoms with E-state index in [0.29, 0.717) is 11.1 Å². The summed E-state index contributed by atoms with van der Waals surface area (Å²) in [5.74, 6) is 2.56. The zero-order valence-electron chi connectivity index (χ0n) is 23.4. The number of anilines is 4. The number of nitrogens with one attached hydrogen (secondary N) is 2. The zero-order valence-corrected chi connectivity index (χ0v) is 24.2. The van der Waals surface area contributed by atoms with Gasteiger partial charge in [-0.3, -0.25) is 0 Å². The number of hydrogen-bond acceptors (Lipinski definition) is 6. The van der Waals surface area contributed by atoms with E-state index >= 15 is 0 Å². The predicted octanol–water partition coefficient (Wildman–Crippen LogP) is 5.59. The summed E-state index contributed by atoms with van der Waals surface area (Å²) in [6.07, 6.45) is 8.60. The molecule has 3 fully saturated rings. The van der Waals surface area contributed by atoms with E-state index in [4.69, 9.17) is 22.2 Å². The van der Waals surface area contributed by atoms with Gasteiger partial charge < -0.3 is 25.3 Å². The van der Waals surface area contributed by atoms with Crippen molar-refractivity contribution >= 4 is 40.6 Å². The van der Waals surface area contributed by atoms with Crippen LogP contribution in [0.2, 0.25) is 0 Å². The summed E-state index contributed by atoms with van der Waals surface area (Å²) in [6, 6.07) is 23.8. The van der Waals surface area contributed by atoms with Crippen LogP contribution in [0.5, 0.6) is 0 Å². The van der Waals surface area contributed by atoms with Gasteiger partial charge in [0.25, 0.3) is 0 Å². The molecule has 1 aromatic heterocycles. The summed E-state index contributed by atoms with van der Waals surface area (Å²) in [6.45, 7) is 6.69. The van der Waals surface area contributed by atoms with Crippen molar-refractivity contribution in [2.45, 2.75) is 50.4 Å². The Kier molecular flexibility index (Phi) is 8.32. The number of para-hydroxylation sites is 1. The third kappa shape index (κ3) is 6.17. The first-order valence-electron chi connectivity index (χ1n) is 15.0. The van der Waals surface area contributed by atoms with Crippen LogP contribution in [0.1, 0.15) is 50.5 Å².